The Hall–Kier alpha value is -2.14. The summed E-state index contributed by atoms with van der Waals surface area (Å²) >= 11 is 5.82. The highest BCUT2D eigenvalue weighted by molar-refractivity contribution is 6.28. The first kappa shape index (κ1) is 11.9. The predicted octanol–water partition coefficient (Wildman–Crippen LogP) is 2.63. The molecule has 0 aliphatic heterocycles. The highest BCUT2D eigenvalue weighted by Gasteiger charge is 2.09. The van der Waals surface area contributed by atoms with Crippen LogP contribution in [0.1, 0.15) is 5.56 Å². The molecule has 19 heavy (non-hydrogen) atoms. The first-order chi connectivity index (χ1) is 9.33. The van der Waals surface area contributed by atoms with E-state index in [-0.39, 0.29) is 5.28 Å². The van der Waals surface area contributed by atoms with E-state index in [1.807, 2.05) is 18.2 Å². The first-order valence-electron chi connectivity index (χ1n) is 5.86. The van der Waals surface area contributed by atoms with Crippen molar-refractivity contribution in [3.05, 3.63) is 47.5 Å². The van der Waals surface area contributed by atoms with Gasteiger partial charge in [0.05, 0.1) is 12.9 Å². The zero-order valence-electron chi connectivity index (χ0n) is 10.0. The topological polar surface area (TPSA) is 63.7 Å². The molecule has 0 fully saturated rings. The van der Waals surface area contributed by atoms with Crippen molar-refractivity contribution in [3.8, 4) is 5.88 Å². The van der Waals surface area contributed by atoms with E-state index in [1.165, 1.54) is 5.56 Å². The van der Waals surface area contributed by atoms with Crippen molar-refractivity contribution < 1.29 is 4.74 Å². The van der Waals surface area contributed by atoms with Gasteiger partial charge in [0.15, 0.2) is 5.65 Å². The van der Waals surface area contributed by atoms with Crippen LogP contribution in [0.15, 0.2) is 36.7 Å². The van der Waals surface area contributed by atoms with Gasteiger partial charge in [-0.1, -0.05) is 30.3 Å². The summed E-state index contributed by atoms with van der Waals surface area (Å²) in [4.78, 5) is 15.0. The summed E-state index contributed by atoms with van der Waals surface area (Å²) in [5.41, 5.74) is 2.38. The van der Waals surface area contributed by atoms with Gasteiger partial charge in [-0.15, -0.1) is 0 Å². The van der Waals surface area contributed by atoms with Gasteiger partial charge in [0.2, 0.25) is 11.2 Å². The maximum atomic E-state index is 5.82. The number of aromatic amines is 1. The van der Waals surface area contributed by atoms with Crippen LogP contribution in [0.3, 0.4) is 0 Å². The lowest BCUT2D eigenvalue weighted by Gasteiger charge is -2.06. The number of hydrogen-bond donors (Lipinski definition) is 1. The monoisotopic (exact) mass is 274 g/mol. The fourth-order valence-corrected chi connectivity index (χ4v) is 1.95. The number of benzene rings is 1. The van der Waals surface area contributed by atoms with Crippen LogP contribution in [-0.2, 0) is 6.42 Å². The molecule has 0 atom stereocenters. The molecule has 2 heterocycles. The minimum atomic E-state index is 0.134. The van der Waals surface area contributed by atoms with Gasteiger partial charge in [-0.3, -0.25) is 0 Å². The molecule has 3 aromatic rings. The number of ether oxygens (including phenoxy) is 1. The van der Waals surface area contributed by atoms with E-state index in [0.717, 1.165) is 6.42 Å². The average molecular weight is 275 g/mol. The number of aromatic nitrogens is 4. The Morgan fingerprint density at radius 1 is 1.16 bits per heavy atom. The van der Waals surface area contributed by atoms with E-state index in [0.29, 0.717) is 23.7 Å². The number of H-pyrrole nitrogens is 1. The lowest BCUT2D eigenvalue weighted by Crippen LogP contribution is -2.04. The van der Waals surface area contributed by atoms with Crippen molar-refractivity contribution in [3.63, 3.8) is 0 Å². The second kappa shape index (κ2) is 5.24. The molecule has 0 aliphatic rings. The molecular formula is C13H11ClN4O. The normalized spacial score (nSPS) is 10.8. The second-order valence-corrected chi connectivity index (χ2v) is 4.32. The number of nitrogens with one attached hydrogen (secondary N) is 1. The standard InChI is InChI=1S/C13H11ClN4O/c14-13-17-11-10(15-8-16-11)12(18-13)19-7-6-9-4-2-1-3-5-9/h1-5,8H,6-7H2,(H,15,16,17,18). The number of rotatable bonds is 4. The number of hydrogen-bond acceptors (Lipinski definition) is 4. The van der Waals surface area contributed by atoms with Crippen LogP contribution in [0.5, 0.6) is 5.88 Å². The summed E-state index contributed by atoms with van der Waals surface area (Å²) < 4.78 is 5.66. The molecule has 5 nitrogen and oxygen atoms in total. The van der Waals surface area contributed by atoms with E-state index < -0.39 is 0 Å². The van der Waals surface area contributed by atoms with Gasteiger partial charge in [-0.2, -0.15) is 9.97 Å². The van der Waals surface area contributed by atoms with Gasteiger partial charge < -0.3 is 9.72 Å². The first-order valence-corrected chi connectivity index (χ1v) is 6.24. The van der Waals surface area contributed by atoms with Gasteiger partial charge >= 0.3 is 0 Å². The van der Waals surface area contributed by atoms with E-state index in [2.05, 4.69) is 32.1 Å². The molecule has 3 rings (SSSR count). The third-order valence-electron chi connectivity index (χ3n) is 2.70. The number of nitrogens with zero attached hydrogens (tertiary/aromatic N) is 3. The van der Waals surface area contributed by atoms with Crippen LogP contribution in [0.4, 0.5) is 0 Å². The van der Waals surface area contributed by atoms with Gasteiger partial charge in [-0.25, -0.2) is 4.98 Å². The number of halogens is 1. The summed E-state index contributed by atoms with van der Waals surface area (Å²) in [5.74, 6) is 0.434. The third-order valence-corrected chi connectivity index (χ3v) is 2.87. The van der Waals surface area contributed by atoms with E-state index in [4.69, 9.17) is 16.3 Å². The molecule has 1 N–H and O–H groups in total. The summed E-state index contributed by atoms with van der Waals surface area (Å²) in [6, 6.07) is 10.1. The Kier molecular flexibility index (Phi) is 3.29. The van der Waals surface area contributed by atoms with Gasteiger partial charge in [-0.05, 0) is 17.2 Å². The van der Waals surface area contributed by atoms with Crippen molar-refractivity contribution in [2.75, 3.05) is 6.61 Å². The molecule has 0 saturated carbocycles. The minimum absolute atomic E-state index is 0.134. The summed E-state index contributed by atoms with van der Waals surface area (Å²) in [6.45, 7) is 0.519. The Morgan fingerprint density at radius 2 is 2.00 bits per heavy atom. The molecule has 2 aromatic heterocycles. The number of fused-ring (bicyclic) bond motifs is 1. The van der Waals surface area contributed by atoms with Crippen LogP contribution < -0.4 is 4.74 Å². The quantitative estimate of drug-likeness (QED) is 0.743. The second-order valence-electron chi connectivity index (χ2n) is 3.98. The Morgan fingerprint density at radius 3 is 2.84 bits per heavy atom. The van der Waals surface area contributed by atoms with Crippen molar-refractivity contribution in [2.24, 2.45) is 0 Å². The van der Waals surface area contributed by atoms with Crippen molar-refractivity contribution >= 4 is 22.8 Å². The molecule has 96 valence electrons. The maximum Gasteiger partial charge on any atom is 0.244 e. The lowest BCUT2D eigenvalue weighted by molar-refractivity contribution is 0.312. The molecule has 0 aliphatic carbocycles. The van der Waals surface area contributed by atoms with Crippen molar-refractivity contribution in [2.45, 2.75) is 6.42 Å². The molecule has 1 aromatic carbocycles. The maximum absolute atomic E-state index is 5.82. The largest absolute Gasteiger partial charge is 0.476 e. The van der Waals surface area contributed by atoms with E-state index >= 15 is 0 Å². The Labute approximate surface area is 114 Å². The molecule has 6 heteroatoms. The molecular weight excluding hydrogens is 264 g/mol. The lowest BCUT2D eigenvalue weighted by atomic mass is 10.2. The average Bonchev–Trinajstić information content (AvgIpc) is 2.88. The van der Waals surface area contributed by atoms with Gasteiger partial charge in [0, 0.05) is 6.42 Å². The van der Waals surface area contributed by atoms with Crippen molar-refractivity contribution in [1.29, 1.82) is 0 Å². The molecule has 0 bridgehead atoms. The highest BCUT2D eigenvalue weighted by atomic mass is 35.5. The zero-order chi connectivity index (χ0) is 13.1. The van der Waals surface area contributed by atoms with Crippen molar-refractivity contribution in [1.82, 2.24) is 19.9 Å². The highest BCUT2D eigenvalue weighted by Crippen LogP contribution is 2.20. The summed E-state index contributed by atoms with van der Waals surface area (Å²) in [5, 5.41) is 0.134. The summed E-state index contributed by atoms with van der Waals surface area (Å²) in [7, 11) is 0. The molecule has 0 spiro atoms. The van der Waals surface area contributed by atoms with Crippen LogP contribution in [-0.4, -0.2) is 26.5 Å². The van der Waals surface area contributed by atoms with Gasteiger partial charge in [0.25, 0.3) is 0 Å². The minimum Gasteiger partial charge on any atom is -0.476 e. The Bertz CT molecular complexity index is 683. The molecule has 0 radical (unpaired) electrons. The fraction of sp³-hybridized carbons (Fsp3) is 0.154. The van der Waals surface area contributed by atoms with E-state index in [1.54, 1.807) is 6.33 Å². The SMILES string of the molecule is Clc1nc(OCCc2ccccc2)c2[nH]cnc2n1. The molecule has 0 amide bonds. The summed E-state index contributed by atoms with van der Waals surface area (Å²) in [6.07, 6.45) is 2.35. The van der Waals surface area contributed by atoms with Crippen LogP contribution in [0, 0.1) is 0 Å². The third kappa shape index (κ3) is 2.66. The van der Waals surface area contributed by atoms with Crippen LogP contribution in [0.2, 0.25) is 5.28 Å². The molecule has 0 saturated heterocycles. The fourth-order valence-electron chi connectivity index (χ4n) is 1.80. The Balaban J connectivity index is 1.73. The number of imidazole rings is 1. The predicted molar refractivity (Wildman–Crippen MR) is 72.3 cm³/mol. The van der Waals surface area contributed by atoms with Gasteiger partial charge in [0.1, 0.15) is 5.52 Å². The van der Waals surface area contributed by atoms with Crippen LogP contribution >= 0.6 is 11.6 Å². The molecule has 0 unspecified atom stereocenters. The van der Waals surface area contributed by atoms with Crippen LogP contribution in [0.25, 0.3) is 11.2 Å². The zero-order valence-corrected chi connectivity index (χ0v) is 10.8. The van der Waals surface area contributed by atoms with E-state index in [9.17, 15) is 0 Å². The smallest absolute Gasteiger partial charge is 0.244 e.